The Morgan fingerprint density at radius 2 is 2.00 bits per heavy atom. The maximum Gasteiger partial charge on any atom is 0.204 e. The lowest BCUT2D eigenvalue weighted by atomic mass is 9.83. The molecule has 114 valence electrons. The molecule has 1 aliphatic rings. The van der Waals surface area contributed by atoms with E-state index < -0.39 is 0 Å². The third kappa shape index (κ3) is 3.75. The summed E-state index contributed by atoms with van der Waals surface area (Å²) >= 11 is 0. The molecule has 1 aromatic heterocycles. The van der Waals surface area contributed by atoms with Crippen molar-refractivity contribution in [1.29, 1.82) is 0 Å². The van der Waals surface area contributed by atoms with Crippen LogP contribution in [-0.4, -0.2) is 29.7 Å². The van der Waals surface area contributed by atoms with Gasteiger partial charge in [-0.1, -0.05) is 19.8 Å². The smallest absolute Gasteiger partial charge is 0.204 e. The van der Waals surface area contributed by atoms with Crippen molar-refractivity contribution in [1.82, 2.24) is 14.9 Å². The Kier molecular flexibility index (Phi) is 5.46. The molecule has 1 N–H and O–H groups in total. The van der Waals surface area contributed by atoms with Crippen molar-refractivity contribution in [3.63, 3.8) is 0 Å². The summed E-state index contributed by atoms with van der Waals surface area (Å²) in [6, 6.07) is 0.695. The van der Waals surface area contributed by atoms with Gasteiger partial charge in [-0.3, -0.25) is 0 Å². The topological polar surface area (TPSA) is 33.1 Å². The Balaban J connectivity index is 1.79. The molecule has 0 bridgehead atoms. The van der Waals surface area contributed by atoms with Crippen molar-refractivity contribution in [2.45, 2.75) is 58.0 Å². The molecule has 0 aliphatic heterocycles. The maximum absolute atomic E-state index is 4.46. The Bertz CT molecular complexity index is 403. The monoisotopic (exact) mass is 278 g/mol. The molecule has 1 aromatic rings. The van der Waals surface area contributed by atoms with E-state index in [1.165, 1.54) is 44.2 Å². The number of aromatic nitrogens is 2. The molecule has 0 unspecified atom stereocenters. The van der Waals surface area contributed by atoms with E-state index in [9.17, 15) is 0 Å². The van der Waals surface area contributed by atoms with E-state index in [0.717, 1.165) is 18.4 Å². The zero-order valence-corrected chi connectivity index (χ0v) is 13.5. The molecule has 0 radical (unpaired) electrons. The first-order valence-electron chi connectivity index (χ1n) is 8.03. The van der Waals surface area contributed by atoms with Crippen LogP contribution in [0.5, 0.6) is 0 Å². The van der Waals surface area contributed by atoms with Gasteiger partial charge >= 0.3 is 0 Å². The minimum absolute atomic E-state index is 0.695. The van der Waals surface area contributed by atoms with Gasteiger partial charge in [0.25, 0.3) is 0 Å². The standard InChI is InChI=1S/C16H30N4/c1-5-6-13-7-9-14(10-8-13)17-11-15-12-18-16(19(2)3)20(15)4/h12-14,17H,5-11H2,1-4H3. The number of nitrogens with zero attached hydrogens (tertiary/aromatic N) is 3. The summed E-state index contributed by atoms with van der Waals surface area (Å²) in [5.41, 5.74) is 1.27. The van der Waals surface area contributed by atoms with Crippen molar-refractivity contribution in [2.24, 2.45) is 13.0 Å². The highest BCUT2D eigenvalue weighted by Gasteiger charge is 2.20. The molecular formula is C16H30N4. The fraction of sp³-hybridized carbons (Fsp3) is 0.812. The molecule has 1 aliphatic carbocycles. The van der Waals surface area contributed by atoms with Gasteiger partial charge < -0.3 is 14.8 Å². The number of rotatable bonds is 6. The van der Waals surface area contributed by atoms with Crippen molar-refractivity contribution >= 4 is 5.95 Å². The molecule has 4 nitrogen and oxygen atoms in total. The SMILES string of the molecule is CCCC1CCC(NCc2cnc(N(C)C)n2C)CC1. The van der Waals surface area contributed by atoms with Gasteiger partial charge in [0, 0.05) is 33.7 Å². The summed E-state index contributed by atoms with van der Waals surface area (Å²) in [4.78, 5) is 6.52. The van der Waals surface area contributed by atoms with Gasteiger partial charge in [-0.25, -0.2) is 4.98 Å². The van der Waals surface area contributed by atoms with Gasteiger partial charge in [0.1, 0.15) is 0 Å². The highest BCUT2D eigenvalue weighted by atomic mass is 15.3. The van der Waals surface area contributed by atoms with E-state index in [1.54, 1.807) is 0 Å². The average molecular weight is 278 g/mol. The fourth-order valence-corrected chi connectivity index (χ4v) is 3.33. The largest absolute Gasteiger partial charge is 0.348 e. The average Bonchev–Trinajstić information content (AvgIpc) is 2.80. The third-order valence-corrected chi connectivity index (χ3v) is 4.58. The van der Waals surface area contributed by atoms with Gasteiger partial charge in [0.2, 0.25) is 5.95 Å². The summed E-state index contributed by atoms with van der Waals surface area (Å²) in [6.07, 6.45) is 10.2. The highest BCUT2D eigenvalue weighted by Crippen LogP contribution is 2.27. The Morgan fingerprint density at radius 3 is 2.55 bits per heavy atom. The van der Waals surface area contributed by atoms with E-state index in [-0.39, 0.29) is 0 Å². The number of nitrogens with one attached hydrogen (secondary N) is 1. The second kappa shape index (κ2) is 7.11. The Morgan fingerprint density at radius 1 is 1.30 bits per heavy atom. The summed E-state index contributed by atoms with van der Waals surface area (Å²) in [7, 11) is 6.17. The van der Waals surface area contributed by atoms with Crippen LogP contribution in [0, 0.1) is 5.92 Å². The first-order valence-corrected chi connectivity index (χ1v) is 8.03. The lowest BCUT2D eigenvalue weighted by molar-refractivity contribution is 0.276. The Labute approximate surface area is 123 Å². The number of imidazole rings is 1. The summed E-state index contributed by atoms with van der Waals surface area (Å²) in [6.45, 7) is 3.23. The fourth-order valence-electron chi connectivity index (χ4n) is 3.33. The van der Waals surface area contributed by atoms with E-state index in [4.69, 9.17) is 0 Å². The number of hydrogen-bond donors (Lipinski definition) is 1. The first kappa shape index (κ1) is 15.4. The molecule has 1 fully saturated rings. The number of anilines is 1. The van der Waals surface area contributed by atoms with Gasteiger partial charge in [-0.05, 0) is 31.6 Å². The minimum Gasteiger partial charge on any atom is -0.348 e. The number of hydrogen-bond acceptors (Lipinski definition) is 3. The second-order valence-electron chi connectivity index (χ2n) is 6.39. The summed E-state index contributed by atoms with van der Waals surface area (Å²) in [5, 5.41) is 3.71. The maximum atomic E-state index is 4.46. The van der Waals surface area contributed by atoms with Gasteiger partial charge in [-0.2, -0.15) is 0 Å². The van der Waals surface area contributed by atoms with Crippen molar-refractivity contribution in [2.75, 3.05) is 19.0 Å². The molecule has 2 rings (SSSR count). The van der Waals surface area contributed by atoms with Crippen LogP contribution in [0.15, 0.2) is 6.20 Å². The van der Waals surface area contributed by atoms with Gasteiger partial charge in [-0.15, -0.1) is 0 Å². The van der Waals surface area contributed by atoms with E-state index >= 15 is 0 Å². The third-order valence-electron chi connectivity index (χ3n) is 4.58. The van der Waals surface area contributed by atoms with Gasteiger partial charge in [0.05, 0.1) is 11.9 Å². The predicted octanol–water partition coefficient (Wildman–Crippen LogP) is 2.93. The van der Waals surface area contributed by atoms with Crippen LogP contribution in [0.3, 0.4) is 0 Å². The summed E-state index contributed by atoms with van der Waals surface area (Å²) in [5.74, 6) is 2.00. The molecule has 20 heavy (non-hydrogen) atoms. The lowest BCUT2D eigenvalue weighted by Crippen LogP contribution is -2.33. The van der Waals surface area contributed by atoms with Crippen molar-refractivity contribution < 1.29 is 0 Å². The van der Waals surface area contributed by atoms with Crippen LogP contribution >= 0.6 is 0 Å². The van der Waals surface area contributed by atoms with Crippen LogP contribution in [0.1, 0.15) is 51.1 Å². The van der Waals surface area contributed by atoms with E-state index in [0.29, 0.717) is 6.04 Å². The van der Waals surface area contributed by atoms with Crippen LogP contribution in [0.25, 0.3) is 0 Å². The molecule has 0 aromatic carbocycles. The second-order valence-corrected chi connectivity index (χ2v) is 6.39. The van der Waals surface area contributed by atoms with Crippen LogP contribution < -0.4 is 10.2 Å². The summed E-state index contributed by atoms with van der Waals surface area (Å²) < 4.78 is 2.18. The lowest BCUT2D eigenvalue weighted by Gasteiger charge is -2.29. The molecule has 1 heterocycles. The van der Waals surface area contributed by atoms with Crippen LogP contribution in [-0.2, 0) is 13.6 Å². The molecule has 0 amide bonds. The van der Waals surface area contributed by atoms with E-state index in [2.05, 4.69) is 33.7 Å². The molecular weight excluding hydrogens is 248 g/mol. The zero-order chi connectivity index (χ0) is 14.5. The van der Waals surface area contributed by atoms with Crippen molar-refractivity contribution in [3.8, 4) is 0 Å². The molecule has 0 atom stereocenters. The molecule has 0 saturated heterocycles. The zero-order valence-electron chi connectivity index (χ0n) is 13.5. The van der Waals surface area contributed by atoms with Gasteiger partial charge in [0.15, 0.2) is 0 Å². The van der Waals surface area contributed by atoms with Crippen LogP contribution in [0.4, 0.5) is 5.95 Å². The van der Waals surface area contributed by atoms with Crippen molar-refractivity contribution in [3.05, 3.63) is 11.9 Å². The quantitative estimate of drug-likeness (QED) is 0.868. The first-order chi connectivity index (χ1) is 9.61. The predicted molar refractivity (Wildman–Crippen MR) is 85.0 cm³/mol. The molecule has 0 spiro atoms. The van der Waals surface area contributed by atoms with Crippen LogP contribution in [0.2, 0.25) is 0 Å². The highest BCUT2D eigenvalue weighted by molar-refractivity contribution is 5.30. The Hall–Kier alpha value is -1.03. The minimum atomic E-state index is 0.695. The normalized spacial score (nSPS) is 23.0. The van der Waals surface area contributed by atoms with E-state index in [1.807, 2.05) is 20.3 Å². The molecule has 4 heteroatoms. The molecule has 1 saturated carbocycles.